The molecule has 2 aliphatic heterocycles. The molecule has 1 amide bonds. The minimum atomic E-state index is -0.0792. The van der Waals surface area contributed by atoms with E-state index in [9.17, 15) is 4.79 Å². The molecule has 0 radical (unpaired) electrons. The van der Waals surface area contributed by atoms with E-state index in [1.807, 2.05) is 6.07 Å². The van der Waals surface area contributed by atoms with Gasteiger partial charge in [-0.2, -0.15) is 5.10 Å². The second-order valence-electron chi connectivity index (χ2n) is 6.92. The number of ether oxygens (including phenoxy) is 1. The van der Waals surface area contributed by atoms with E-state index >= 15 is 0 Å². The van der Waals surface area contributed by atoms with Crippen molar-refractivity contribution in [3.05, 3.63) is 36.4 Å². The number of nitrogens with one attached hydrogen (secondary N) is 1. The maximum atomic E-state index is 12.1. The van der Waals surface area contributed by atoms with Gasteiger partial charge in [-0.15, -0.1) is 0 Å². The van der Waals surface area contributed by atoms with Crippen molar-refractivity contribution in [1.82, 2.24) is 25.1 Å². The predicted molar refractivity (Wildman–Crippen MR) is 91.2 cm³/mol. The number of carbonyl (C=O) groups excluding carboxylic acids is 1. The third-order valence-corrected chi connectivity index (χ3v) is 4.94. The molecular weight excluding hydrogens is 320 g/mol. The van der Waals surface area contributed by atoms with Gasteiger partial charge < -0.3 is 15.0 Å². The number of hydrogen-bond acceptors (Lipinski definition) is 6. The van der Waals surface area contributed by atoms with E-state index in [2.05, 4.69) is 25.3 Å². The number of nitrogens with zero attached hydrogens (tertiary/aromatic N) is 5. The van der Waals surface area contributed by atoms with Crippen LogP contribution < -0.4 is 10.2 Å². The highest BCUT2D eigenvalue weighted by molar-refractivity contribution is 5.93. The van der Waals surface area contributed by atoms with Gasteiger partial charge in [0.2, 0.25) is 5.95 Å². The molecule has 132 valence electrons. The highest BCUT2D eigenvalue weighted by Crippen LogP contribution is 2.37. The number of aromatic nitrogens is 4. The summed E-state index contributed by atoms with van der Waals surface area (Å²) in [5.74, 6) is 1.04. The van der Waals surface area contributed by atoms with E-state index in [4.69, 9.17) is 4.74 Å². The molecule has 2 saturated heterocycles. The molecule has 1 atom stereocenters. The van der Waals surface area contributed by atoms with Gasteiger partial charge in [0.1, 0.15) is 5.60 Å². The number of hydrogen-bond donors (Lipinski definition) is 1. The van der Waals surface area contributed by atoms with Crippen LogP contribution in [0.5, 0.6) is 0 Å². The third kappa shape index (κ3) is 3.34. The van der Waals surface area contributed by atoms with Crippen molar-refractivity contribution in [2.75, 3.05) is 31.1 Å². The number of aryl methyl sites for hydroxylation is 1. The van der Waals surface area contributed by atoms with Crippen molar-refractivity contribution in [1.29, 1.82) is 0 Å². The van der Waals surface area contributed by atoms with E-state index < -0.39 is 0 Å². The monoisotopic (exact) mass is 342 g/mol. The lowest BCUT2D eigenvalue weighted by molar-refractivity contribution is -0.115. The Labute approximate surface area is 146 Å². The molecule has 8 heteroatoms. The van der Waals surface area contributed by atoms with Crippen molar-refractivity contribution < 1.29 is 9.53 Å². The van der Waals surface area contributed by atoms with Crippen LogP contribution in [0.3, 0.4) is 0 Å². The molecule has 2 aliphatic rings. The lowest BCUT2D eigenvalue weighted by atomic mass is 9.83. The summed E-state index contributed by atoms with van der Waals surface area (Å²) in [7, 11) is 1.80. The molecule has 4 heterocycles. The molecule has 4 rings (SSSR count). The minimum absolute atomic E-state index is 0.0664. The van der Waals surface area contributed by atoms with Gasteiger partial charge in [0, 0.05) is 32.2 Å². The quantitative estimate of drug-likeness (QED) is 0.877. The van der Waals surface area contributed by atoms with Crippen LogP contribution in [0.15, 0.2) is 30.9 Å². The van der Waals surface area contributed by atoms with Crippen LogP contribution in [-0.4, -0.2) is 57.5 Å². The largest absolute Gasteiger partial charge is 0.371 e. The Morgan fingerprint density at radius 2 is 2.20 bits per heavy atom. The van der Waals surface area contributed by atoms with Crippen LogP contribution in [0.2, 0.25) is 0 Å². The zero-order valence-corrected chi connectivity index (χ0v) is 14.3. The van der Waals surface area contributed by atoms with Crippen molar-refractivity contribution in [2.24, 2.45) is 13.0 Å². The summed E-state index contributed by atoms with van der Waals surface area (Å²) >= 11 is 0. The summed E-state index contributed by atoms with van der Waals surface area (Å²) in [5, 5.41) is 7.00. The molecule has 25 heavy (non-hydrogen) atoms. The van der Waals surface area contributed by atoms with Crippen LogP contribution in [0.25, 0.3) is 0 Å². The van der Waals surface area contributed by atoms with E-state index in [0.29, 0.717) is 24.6 Å². The van der Waals surface area contributed by atoms with Gasteiger partial charge in [-0.3, -0.25) is 9.48 Å². The Morgan fingerprint density at radius 1 is 1.40 bits per heavy atom. The molecule has 1 spiro atoms. The average Bonchev–Trinajstić information content (AvgIpc) is 3.05. The lowest BCUT2D eigenvalue weighted by Gasteiger charge is -2.52. The van der Waals surface area contributed by atoms with Gasteiger partial charge in [-0.1, -0.05) is 0 Å². The first-order valence-electron chi connectivity index (χ1n) is 8.56. The average molecular weight is 342 g/mol. The zero-order valence-electron chi connectivity index (χ0n) is 14.3. The third-order valence-electron chi connectivity index (χ3n) is 4.94. The summed E-state index contributed by atoms with van der Waals surface area (Å²) in [5.41, 5.74) is 0.525. The molecular formula is C17H22N6O2. The summed E-state index contributed by atoms with van der Waals surface area (Å²) in [4.78, 5) is 22.8. The SMILES string of the molecule is Cn1cc(C(=O)NC[C@@H]2CCC3(CN(c4ncccn4)C3)OC2)cn1. The van der Waals surface area contributed by atoms with Crippen molar-refractivity contribution >= 4 is 11.9 Å². The topological polar surface area (TPSA) is 85.2 Å². The second-order valence-corrected chi connectivity index (χ2v) is 6.92. The Balaban J connectivity index is 1.22. The minimum Gasteiger partial charge on any atom is -0.371 e. The Morgan fingerprint density at radius 3 is 2.84 bits per heavy atom. The van der Waals surface area contributed by atoms with Gasteiger partial charge >= 0.3 is 0 Å². The molecule has 0 aromatic carbocycles. The van der Waals surface area contributed by atoms with Gasteiger partial charge in [0.15, 0.2) is 0 Å². The van der Waals surface area contributed by atoms with Crippen LogP contribution in [0.4, 0.5) is 5.95 Å². The molecule has 2 fully saturated rings. The Hall–Kier alpha value is -2.48. The number of amides is 1. The summed E-state index contributed by atoms with van der Waals surface area (Å²) in [6.07, 6.45) is 8.87. The van der Waals surface area contributed by atoms with Gasteiger partial charge in [-0.25, -0.2) is 9.97 Å². The van der Waals surface area contributed by atoms with Gasteiger partial charge in [-0.05, 0) is 24.8 Å². The standard InChI is InChI=1S/C17H22N6O2/c1-22-9-14(8-21-22)15(24)20-7-13-3-4-17(25-10-13)11-23(12-17)16-18-5-2-6-19-16/h2,5-6,8-9,13H,3-4,7,10-12H2,1H3,(H,20,24)/t13-/m0/s1. The molecule has 8 nitrogen and oxygen atoms in total. The van der Waals surface area contributed by atoms with Crippen LogP contribution in [-0.2, 0) is 11.8 Å². The second kappa shape index (κ2) is 6.44. The maximum Gasteiger partial charge on any atom is 0.254 e. The number of anilines is 1. The fraction of sp³-hybridized carbons (Fsp3) is 0.529. The van der Waals surface area contributed by atoms with E-state index in [-0.39, 0.29) is 11.5 Å². The fourth-order valence-electron chi connectivity index (χ4n) is 3.45. The zero-order chi connectivity index (χ0) is 17.3. The molecule has 0 aliphatic carbocycles. The van der Waals surface area contributed by atoms with Crippen LogP contribution in [0.1, 0.15) is 23.2 Å². The molecule has 2 aromatic heterocycles. The van der Waals surface area contributed by atoms with Crippen molar-refractivity contribution in [3.8, 4) is 0 Å². The van der Waals surface area contributed by atoms with Gasteiger partial charge in [0.25, 0.3) is 5.91 Å². The first-order chi connectivity index (χ1) is 12.1. The maximum absolute atomic E-state index is 12.1. The highest BCUT2D eigenvalue weighted by Gasteiger charge is 2.47. The van der Waals surface area contributed by atoms with Gasteiger partial charge in [0.05, 0.1) is 31.5 Å². The lowest BCUT2D eigenvalue weighted by Crippen LogP contribution is -2.65. The summed E-state index contributed by atoms with van der Waals surface area (Å²) in [6.45, 7) is 2.99. The van der Waals surface area contributed by atoms with E-state index in [1.54, 1.807) is 36.5 Å². The first kappa shape index (κ1) is 16.0. The number of carbonyl (C=O) groups is 1. The molecule has 0 saturated carbocycles. The fourth-order valence-corrected chi connectivity index (χ4v) is 3.45. The number of rotatable bonds is 4. The smallest absolute Gasteiger partial charge is 0.254 e. The van der Waals surface area contributed by atoms with Crippen molar-refractivity contribution in [2.45, 2.75) is 18.4 Å². The van der Waals surface area contributed by atoms with E-state index in [0.717, 1.165) is 31.9 Å². The molecule has 0 unspecified atom stereocenters. The summed E-state index contributed by atoms with van der Waals surface area (Å²) < 4.78 is 7.77. The highest BCUT2D eigenvalue weighted by atomic mass is 16.5. The van der Waals surface area contributed by atoms with Crippen molar-refractivity contribution in [3.63, 3.8) is 0 Å². The molecule has 1 N–H and O–H groups in total. The van der Waals surface area contributed by atoms with Crippen LogP contribution in [0, 0.1) is 5.92 Å². The Kier molecular flexibility index (Phi) is 4.12. The first-order valence-corrected chi connectivity index (χ1v) is 8.56. The van der Waals surface area contributed by atoms with E-state index in [1.165, 1.54) is 0 Å². The molecule has 0 bridgehead atoms. The summed E-state index contributed by atoms with van der Waals surface area (Å²) in [6, 6.07) is 1.82. The predicted octanol–water partition coefficient (Wildman–Crippen LogP) is 0.625. The molecule has 2 aromatic rings. The van der Waals surface area contributed by atoms with Crippen LogP contribution >= 0.6 is 0 Å². The normalized spacial score (nSPS) is 21.8. The Bertz CT molecular complexity index is 731.